The van der Waals surface area contributed by atoms with Crippen molar-refractivity contribution in [1.82, 2.24) is 15.2 Å². The number of nitrogens with zero attached hydrogens (tertiary/aromatic N) is 2. The third-order valence-electron chi connectivity index (χ3n) is 4.77. The van der Waals surface area contributed by atoms with Gasteiger partial charge in [-0.05, 0) is 30.7 Å². The summed E-state index contributed by atoms with van der Waals surface area (Å²) in [6, 6.07) is 6.48. The Labute approximate surface area is 203 Å². The Kier molecular flexibility index (Phi) is 11.9. The Morgan fingerprint density at radius 3 is 2.58 bits per heavy atom. The molecular formula is C23H31ClN4O4S. The lowest BCUT2D eigenvalue weighted by Gasteiger charge is -2.21. The highest BCUT2D eigenvalue weighted by atomic mass is 35.5. The number of aromatic nitrogens is 1. The summed E-state index contributed by atoms with van der Waals surface area (Å²) >= 11 is 7.13. The largest absolute Gasteiger partial charge is 0.383 e. The Hall–Kier alpha value is -2.49. The number of anilines is 1. The van der Waals surface area contributed by atoms with Gasteiger partial charge in [0.25, 0.3) is 5.91 Å². The van der Waals surface area contributed by atoms with E-state index in [-0.39, 0.29) is 37.2 Å². The number of benzene rings is 1. The van der Waals surface area contributed by atoms with Crippen molar-refractivity contribution in [2.24, 2.45) is 0 Å². The maximum atomic E-state index is 12.8. The maximum Gasteiger partial charge on any atom is 0.254 e. The zero-order valence-corrected chi connectivity index (χ0v) is 20.6. The van der Waals surface area contributed by atoms with Crippen molar-refractivity contribution in [2.75, 3.05) is 38.7 Å². The molecule has 2 N–H and O–H groups in total. The van der Waals surface area contributed by atoms with Crippen LogP contribution in [0.4, 0.5) is 5.13 Å². The Morgan fingerprint density at radius 2 is 1.88 bits per heavy atom. The van der Waals surface area contributed by atoms with Gasteiger partial charge in [0.1, 0.15) is 6.54 Å². The van der Waals surface area contributed by atoms with Crippen LogP contribution in [0, 0.1) is 0 Å². The lowest BCUT2D eigenvalue weighted by Crippen LogP contribution is -2.40. The van der Waals surface area contributed by atoms with Gasteiger partial charge in [0.2, 0.25) is 11.8 Å². The quantitative estimate of drug-likeness (QED) is 0.389. The number of amides is 3. The molecule has 0 fully saturated rings. The SMILES string of the molecule is CCCCCCNC(=O)Cc1csc(NC(=O)CN(CCOC)C(=O)c2ccc(Cl)cc2)n1. The summed E-state index contributed by atoms with van der Waals surface area (Å²) in [5, 5.41) is 8.25. The van der Waals surface area contributed by atoms with Crippen LogP contribution in [0.3, 0.4) is 0 Å². The van der Waals surface area contributed by atoms with E-state index >= 15 is 0 Å². The third-order valence-corrected chi connectivity index (χ3v) is 5.83. The molecule has 3 amide bonds. The molecular weight excluding hydrogens is 464 g/mol. The first-order valence-corrected chi connectivity index (χ1v) is 12.2. The molecule has 0 unspecified atom stereocenters. The molecule has 33 heavy (non-hydrogen) atoms. The molecule has 0 aliphatic heterocycles. The molecule has 0 bridgehead atoms. The predicted molar refractivity (Wildman–Crippen MR) is 131 cm³/mol. The molecule has 1 aromatic heterocycles. The van der Waals surface area contributed by atoms with E-state index in [0.29, 0.717) is 34.6 Å². The third kappa shape index (κ3) is 9.89. The highest BCUT2D eigenvalue weighted by Crippen LogP contribution is 2.16. The normalized spacial score (nSPS) is 10.6. The summed E-state index contributed by atoms with van der Waals surface area (Å²) in [5.41, 5.74) is 1.02. The summed E-state index contributed by atoms with van der Waals surface area (Å²) < 4.78 is 5.07. The van der Waals surface area contributed by atoms with Crippen molar-refractivity contribution in [2.45, 2.75) is 39.0 Å². The summed E-state index contributed by atoms with van der Waals surface area (Å²) in [5.74, 6) is -0.766. The Balaban J connectivity index is 1.87. The average Bonchev–Trinajstić information content (AvgIpc) is 3.22. The fourth-order valence-corrected chi connectivity index (χ4v) is 3.87. The summed E-state index contributed by atoms with van der Waals surface area (Å²) in [4.78, 5) is 43.1. The number of hydrogen-bond donors (Lipinski definition) is 2. The zero-order valence-electron chi connectivity index (χ0n) is 19.1. The predicted octanol–water partition coefficient (Wildman–Crippen LogP) is 3.76. The van der Waals surface area contributed by atoms with Gasteiger partial charge in [0, 0.05) is 36.2 Å². The van der Waals surface area contributed by atoms with Crippen LogP contribution in [-0.4, -0.2) is 61.0 Å². The number of carbonyl (C=O) groups is 3. The monoisotopic (exact) mass is 494 g/mol. The molecule has 0 saturated carbocycles. The second-order valence-electron chi connectivity index (χ2n) is 7.51. The van der Waals surface area contributed by atoms with Crippen LogP contribution in [0.2, 0.25) is 5.02 Å². The molecule has 1 aromatic carbocycles. The van der Waals surface area contributed by atoms with Crippen molar-refractivity contribution < 1.29 is 19.1 Å². The minimum atomic E-state index is -0.380. The topological polar surface area (TPSA) is 101 Å². The van der Waals surface area contributed by atoms with Crippen molar-refractivity contribution >= 4 is 45.8 Å². The molecule has 0 spiro atoms. The highest BCUT2D eigenvalue weighted by molar-refractivity contribution is 7.13. The van der Waals surface area contributed by atoms with Crippen molar-refractivity contribution in [3.8, 4) is 0 Å². The van der Waals surface area contributed by atoms with E-state index in [2.05, 4.69) is 22.5 Å². The molecule has 0 saturated heterocycles. The maximum absolute atomic E-state index is 12.8. The van der Waals surface area contributed by atoms with Gasteiger partial charge < -0.3 is 20.3 Å². The standard InChI is InChI=1S/C23H31ClN4O4S/c1-3-4-5-6-11-25-20(29)14-19-16-33-23(26-19)27-21(30)15-28(12-13-32-2)22(31)17-7-9-18(24)10-8-17/h7-10,16H,3-6,11-15H2,1-2H3,(H,25,29)(H,26,27,30). The molecule has 2 aromatic rings. The number of hydrogen-bond acceptors (Lipinski definition) is 6. The molecule has 10 heteroatoms. The Morgan fingerprint density at radius 1 is 1.12 bits per heavy atom. The van der Waals surface area contributed by atoms with Gasteiger partial charge in [-0.2, -0.15) is 0 Å². The summed E-state index contributed by atoms with van der Waals surface area (Å²) in [7, 11) is 1.53. The minimum Gasteiger partial charge on any atom is -0.383 e. The van der Waals surface area contributed by atoms with E-state index < -0.39 is 0 Å². The molecule has 0 atom stereocenters. The van der Waals surface area contributed by atoms with Crippen LogP contribution in [0.5, 0.6) is 0 Å². The van der Waals surface area contributed by atoms with Gasteiger partial charge in [0.15, 0.2) is 5.13 Å². The van der Waals surface area contributed by atoms with Gasteiger partial charge in [-0.3, -0.25) is 14.4 Å². The number of nitrogens with one attached hydrogen (secondary N) is 2. The van der Waals surface area contributed by atoms with E-state index in [0.717, 1.165) is 19.3 Å². The number of methoxy groups -OCH3 is 1. The van der Waals surface area contributed by atoms with Crippen LogP contribution in [0.15, 0.2) is 29.6 Å². The van der Waals surface area contributed by atoms with E-state index in [1.165, 1.54) is 29.8 Å². The smallest absolute Gasteiger partial charge is 0.254 e. The number of unbranched alkanes of at least 4 members (excludes halogenated alkanes) is 3. The summed E-state index contributed by atoms with van der Waals surface area (Å²) in [6.07, 6.45) is 4.55. The number of thiazole rings is 1. The number of rotatable bonds is 14. The van der Waals surface area contributed by atoms with Crippen LogP contribution in [-0.2, 0) is 20.7 Å². The highest BCUT2D eigenvalue weighted by Gasteiger charge is 2.19. The van der Waals surface area contributed by atoms with Crippen LogP contribution < -0.4 is 10.6 Å². The Bertz CT molecular complexity index is 904. The fourth-order valence-electron chi connectivity index (χ4n) is 3.01. The van der Waals surface area contributed by atoms with E-state index in [9.17, 15) is 14.4 Å². The second kappa shape index (κ2) is 14.6. The molecule has 1 heterocycles. The van der Waals surface area contributed by atoms with Gasteiger partial charge in [-0.15, -0.1) is 11.3 Å². The first kappa shape index (κ1) is 26.8. The van der Waals surface area contributed by atoms with Crippen LogP contribution in [0.25, 0.3) is 0 Å². The van der Waals surface area contributed by atoms with E-state index in [1.807, 2.05) is 0 Å². The minimum absolute atomic E-state index is 0.0889. The number of ether oxygens (including phenoxy) is 1. The van der Waals surface area contributed by atoms with Crippen molar-refractivity contribution in [1.29, 1.82) is 0 Å². The van der Waals surface area contributed by atoms with Crippen LogP contribution >= 0.6 is 22.9 Å². The molecule has 0 aliphatic rings. The molecule has 0 aliphatic carbocycles. The van der Waals surface area contributed by atoms with Crippen molar-refractivity contribution in [3.05, 3.63) is 45.9 Å². The molecule has 2 rings (SSSR count). The number of halogens is 1. The lowest BCUT2D eigenvalue weighted by molar-refractivity contribution is -0.120. The zero-order chi connectivity index (χ0) is 24.1. The summed E-state index contributed by atoms with van der Waals surface area (Å²) in [6.45, 7) is 3.20. The van der Waals surface area contributed by atoms with E-state index in [1.54, 1.807) is 29.6 Å². The first-order chi connectivity index (χ1) is 15.9. The van der Waals surface area contributed by atoms with Gasteiger partial charge in [-0.25, -0.2) is 4.98 Å². The molecule has 180 valence electrons. The van der Waals surface area contributed by atoms with Crippen LogP contribution in [0.1, 0.15) is 48.7 Å². The number of carbonyl (C=O) groups excluding carboxylic acids is 3. The van der Waals surface area contributed by atoms with Gasteiger partial charge in [-0.1, -0.05) is 37.8 Å². The van der Waals surface area contributed by atoms with Crippen molar-refractivity contribution in [3.63, 3.8) is 0 Å². The molecule has 8 nitrogen and oxygen atoms in total. The second-order valence-corrected chi connectivity index (χ2v) is 8.80. The molecule has 0 radical (unpaired) electrons. The average molecular weight is 495 g/mol. The fraction of sp³-hybridized carbons (Fsp3) is 0.478. The van der Waals surface area contributed by atoms with E-state index in [4.69, 9.17) is 16.3 Å². The van der Waals surface area contributed by atoms with Gasteiger partial charge >= 0.3 is 0 Å². The van der Waals surface area contributed by atoms with Gasteiger partial charge in [0.05, 0.1) is 18.7 Å². The first-order valence-electron chi connectivity index (χ1n) is 11.0. The lowest BCUT2D eigenvalue weighted by atomic mass is 10.2.